The summed E-state index contributed by atoms with van der Waals surface area (Å²) in [5.41, 5.74) is 2.26. The molecule has 1 fully saturated rings. The molecule has 32 heavy (non-hydrogen) atoms. The predicted molar refractivity (Wildman–Crippen MR) is 113 cm³/mol. The number of rotatable bonds is 8. The number of benzene rings is 2. The van der Waals surface area contributed by atoms with Gasteiger partial charge in [-0.25, -0.2) is 4.79 Å². The molecule has 0 saturated carbocycles. The lowest BCUT2D eigenvalue weighted by Crippen LogP contribution is -2.60. The highest BCUT2D eigenvalue weighted by atomic mass is 16.7. The van der Waals surface area contributed by atoms with Gasteiger partial charge in [-0.3, -0.25) is 0 Å². The lowest BCUT2D eigenvalue weighted by Gasteiger charge is -2.39. The van der Waals surface area contributed by atoms with Crippen molar-refractivity contribution in [2.24, 2.45) is 0 Å². The largest absolute Gasteiger partial charge is 0.508 e. The molecule has 1 heterocycles. The maximum absolute atomic E-state index is 10.9. The van der Waals surface area contributed by atoms with E-state index in [9.17, 15) is 30.3 Å². The molecule has 0 aliphatic carbocycles. The van der Waals surface area contributed by atoms with Gasteiger partial charge in [0.1, 0.15) is 35.9 Å². The summed E-state index contributed by atoms with van der Waals surface area (Å²) in [4.78, 5) is 10.9. The van der Waals surface area contributed by atoms with Crippen LogP contribution in [0.3, 0.4) is 0 Å². The van der Waals surface area contributed by atoms with Crippen LogP contribution < -0.4 is 4.74 Å². The second-order valence-electron chi connectivity index (χ2n) is 7.53. The van der Waals surface area contributed by atoms with Crippen LogP contribution in [0.25, 0.3) is 6.08 Å². The zero-order chi connectivity index (χ0) is 23.3. The van der Waals surface area contributed by atoms with E-state index in [0.717, 1.165) is 17.2 Å². The first kappa shape index (κ1) is 23.7. The highest BCUT2D eigenvalue weighted by Crippen LogP contribution is 2.29. The third-order valence-corrected chi connectivity index (χ3v) is 5.21. The Morgan fingerprint density at radius 2 is 1.62 bits per heavy atom. The zero-order valence-electron chi connectivity index (χ0n) is 17.1. The summed E-state index contributed by atoms with van der Waals surface area (Å²) in [5.74, 6) is -0.770. The van der Waals surface area contributed by atoms with Gasteiger partial charge in [-0.05, 0) is 48.2 Å². The van der Waals surface area contributed by atoms with Crippen LogP contribution in [-0.2, 0) is 22.4 Å². The van der Waals surface area contributed by atoms with Crippen LogP contribution in [0.5, 0.6) is 11.5 Å². The van der Waals surface area contributed by atoms with E-state index < -0.39 is 43.3 Å². The number of aromatic hydroxyl groups is 1. The number of carbonyl (C=O) groups is 1. The van der Waals surface area contributed by atoms with Crippen molar-refractivity contribution in [2.75, 3.05) is 6.61 Å². The van der Waals surface area contributed by atoms with E-state index in [-0.39, 0.29) is 11.5 Å². The number of phenols is 1. The fourth-order valence-corrected chi connectivity index (χ4v) is 3.38. The van der Waals surface area contributed by atoms with Gasteiger partial charge in [-0.15, -0.1) is 0 Å². The molecule has 3 rings (SSSR count). The first-order valence-corrected chi connectivity index (χ1v) is 10.1. The van der Waals surface area contributed by atoms with Crippen LogP contribution in [0.15, 0.2) is 48.5 Å². The number of aryl methyl sites for hydroxylation is 2. The van der Waals surface area contributed by atoms with Gasteiger partial charge in [0.05, 0.1) is 6.61 Å². The van der Waals surface area contributed by atoms with Crippen LogP contribution in [-0.4, -0.2) is 73.9 Å². The lowest BCUT2D eigenvalue weighted by molar-refractivity contribution is -0.277. The molecule has 0 radical (unpaired) electrons. The predicted octanol–water partition coefficient (Wildman–Crippen LogP) is 0.454. The molecule has 172 valence electrons. The van der Waals surface area contributed by atoms with Crippen molar-refractivity contribution in [1.29, 1.82) is 0 Å². The van der Waals surface area contributed by atoms with E-state index in [1.165, 1.54) is 6.08 Å². The minimum Gasteiger partial charge on any atom is -0.508 e. The van der Waals surface area contributed by atoms with Crippen LogP contribution in [0.4, 0.5) is 0 Å². The smallest absolute Gasteiger partial charge is 0.328 e. The van der Waals surface area contributed by atoms with Crippen LogP contribution >= 0.6 is 0 Å². The fourth-order valence-electron chi connectivity index (χ4n) is 3.38. The third-order valence-electron chi connectivity index (χ3n) is 5.21. The van der Waals surface area contributed by atoms with E-state index in [1.54, 1.807) is 24.3 Å². The number of aliphatic carboxylic acids is 1. The standard InChI is InChI=1S/C23H26O9/c24-12-18-20(28)21(29)22(30)23(32-18)31-17-11-14(3-6-15(17)7-10-19(26)27)2-1-13-4-8-16(25)9-5-13/h3-11,18,20-25,28-30H,1-2,12H2,(H,26,27). The first-order chi connectivity index (χ1) is 15.3. The second kappa shape index (κ2) is 10.6. The Morgan fingerprint density at radius 3 is 2.28 bits per heavy atom. The normalized spacial score (nSPS) is 25.7. The first-order valence-electron chi connectivity index (χ1n) is 10.1. The van der Waals surface area contributed by atoms with Crippen molar-refractivity contribution >= 4 is 12.0 Å². The van der Waals surface area contributed by atoms with E-state index in [0.29, 0.717) is 18.4 Å². The molecule has 9 heteroatoms. The average Bonchev–Trinajstić information content (AvgIpc) is 2.78. The molecule has 9 nitrogen and oxygen atoms in total. The van der Waals surface area contributed by atoms with Gasteiger partial charge >= 0.3 is 5.97 Å². The number of hydrogen-bond acceptors (Lipinski definition) is 8. The highest BCUT2D eigenvalue weighted by molar-refractivity contribution is 5.85. The molecule has 1 aliphatic heterocycles. The summed E-state index contributed by atoms with van der Waals surface area (Å²) in [5, 5.41) is 57.9. The minimum absolute atomic E-state index is 0.179. The quantitative estimate of drug-likeness (QED) is 0.317. The molecule has 0 spiro atoms. The van der Waals surface area contributed by atoms with Crippen LogP contribution in [0.1, 0.15) is 16.7 Å². The highest BCUT2D eigenvalue weighted by Gasteiger charge is 2.44. The Kier molecular flexibility index (Phi) is 7.84. The van der Waals surface area contributed by atoms with E-state index in [1.807, 2.05) is 18.2 Å². The molecule has 0 bridgehead atoms. The maximum Gasteiger partial charge on any atom is 0.328 e. The molecule has 0 aromatic heterocycles. The molecular weight excluding hydrogens is 420 g/mol. The fraction of sp³-hybridized carbons (Fsp3) is 0.348. The monoisotopic (exact) mass is 446 g/mol. The number of carboxylic acids is 1. The van der Waals surface area contributed by atoms with E-state index in [4.69, 9.17) is 14.6 Å². The SMILES string of the molecule is O=C(O)C=Cc1ccc(CCc2ccc(O)cc2)cc1OC1OC(CO)C(O)C(O)C1O. The number of aliphatic hydroxyl groups excluding tert-OH is 4. The van der Waals surface area contributed by atoms with Crippen LogP contribution in [0.2, 0.25) is 0 Å². The van der Waals surface area contributed by atoms with Gasteiger partial charge in [0.25, 0.3) is 0 Å². The van der Waals surface area contributed by atoms with Gasteiger partial charge in [0.15, 0.2) is 0 Å². The Bertz CT molecular complexity index is 939. The zero-order valence-corrected chi connectivity index (χ0v) is 17.1. The molecule has 1 aliphatic rings. The molecule has 5 atom stereocenters. The van der Waals surface area contributed by atoms with Gasteiger partial charge < -0.3 is 40.1 Å². The number of ether oxygens (including phenoxy) is 2. The van der Waals surface area contributed by atoms with Crippen LogP contribution in [0, 0.1) is 0 Å². The number of hydrogen-bond donors (Lipinski definition) is 6. The van der Waals surface area contributed by atoms with Crippen molar-refractivity contribution < 1.29 is 44.9 Å². The third kappa shape index (κ3) is 5.84. The Labute approximate surface area is 184 Å². The summed E-state index contributed by atoms with van der Waals surface area (Å²) >= 11 is 0. The van der Waals surface area contributed by atoms with Crippen molar-refractivity contribution in [1.82, 2.24) is 0 Å². The van der Waals surface area contributed by atoms with Gasteiger partial charge in [0.2, 0.25) is 6.29 Å². The average molecular weight is 446 g/mol. The Morgan fingerprint density at radius 1 is 0.969 bits per heavy atom. The summed E-state index contributed by atoms with van der Waals surface area (Å²) in [7, 11) is 0. The van der Waals surface area contributed by atoms with E-state index in [2.05, 4.69) is 0 Å². The molecule has 0 amide bonds. The van der Waals surface area contributed by atoms with Crippen molar-refractivity contribution in [3.05, 3.63) is 65.2 Å². The van der Waals surface area contributed by atoms with E-state index >= 15 is 0 Å². The van der Waals surface area contributed by atoms with Gasteiger partial charge in [-0.1, -0.05) is 24.3 Å². The number of carboxylic acid groups (broad SMARTS) is 1. The van der Waals surface area contributed by atoms with Crippen molar-refractivity contribution in [3.63, 3.8) is 0 Å². The molecule has 6 N–H and O–H groups in total. The summed E-state index contributed by atoms with van der Waals surface area (Å²) < 4.78 is 11.2. The summed E-state index contributed by atoms with van der Waals surface area (Å²) in [6.07, 6.45) is -3.69. The minimum atomic E-state index is -1.60. The lowest BCUT2D eigenvalue weighted by atomic mass is 9.99. The van der Waals surface area contributed by atoms with Crippen molar-refractivity contribution in [2.45, 2.75) is 43.5 Å². The maximum atomic E-state index is 10.9. The molecule has 2 aromatic rings. The van der Waals surface area contributed by atoms with Gasteiger partial charge in [0, 0.05) is 11.6 Å². The molecular formula is C23H26O9. The topological polar surface area (TPSA) is 157 Å². The Balaban J connectivity index is 1.82. The summed E-state index contributed by atoms with van der Waals surface area (Å²) in [6.45, 7) is -0.594. The van der Waals surface area contributed by atoms with Gasteiger partial charge in [-0.2, -0.15) is 0 Å². The molecule has 5 unspecified atom stereocenters. The number of aliphatic hydroxyl groups is 4. The second-order valence-corrected chi connectivity index (χ2v) is 7.53. The number of phenolic OH excluding ortho intramolecular Hbond substituents is 1. The summed E-state index contributed by atoms with van der Waals surface area (Å²) in [6, 6.07) is 12.0. The Hall–Kier alpha value is -2.95. The molecule has 1 saturated heterocycles. The molecule has 2 aromatic carbocycles. The van der Waals surface area contributed by atoms with Crippen molar-refractivity contribution in [3.8, 4) is 11.5 Å².